The Bertz CT molecular complexity index is 798. The molecular weight excluding hydrogens is 300 g/mol. The third-order valence-corrected chi connectivity index (χ3v) is 4.40. The molecular formula is C15H16N4O2S. The van der Waals surface area contributed by atoms with E-state index in [4.69, 9.17) is 0 Å². The smallest absolute Gasteiger partial charge is 0.321 e. The molecule has 0 bridgehead atoms. The topological polar surface area (TPSA) is 76.0 Å². The van der Waals surface area contributed by atoms with Gasteiger partial charge in [-0.05, 0) is 18.7 Å². The highest BCUT2D eigenvalue weighted by atomic mass is 32.2. The van der Waals surface area contributed by atoms with Crippen molar-refractivity contribution in [3.8, 4) is 0 Å². The number of carbonyl (C=O) groups is 1. The summed E-state index contributed by atoms with van der Waals surface area (Å²) >= 11 is 1.36. The Kier molecular flexibility index (Phi) is 3.66. The van der Waals surface area contributed by atoms with Gasteiger partial charge in [-0.1, -0.05) is 41.6 Å². The van der Waals surface area contributed by atoms with Gasteiger partial charge in [0.25, 0.3) is 5.56 Å². The molecule has 3 rings (SSSR count). The lowest BCUT2D eigenvalue weighted by Crippen LogP contribution is -2.43. The van der Waals surface area contributed by atoms with E-state index in [1.807, 2.05) is 37.4 Å². The quantitative estimate of drug-likeness (QED) is 0.656. The molecule has 7 heteroatoms. The van der Waals surface area contributed by atoms with Gasteiger partial charge in [0.05, 0.1) is 11.6 Å². The van der Waals surface area contributed by atoms with Gasteiger partial charge in [0.15, 0.2) is 5.16 Å². The van der Waals surface area contributed by atoms with Crippen LogP contribution in [0.3, 0.4) is 0 Å². The highest BCUT2D eigenvalue weighted by molar-refractivity contribution is 7.98. The molecule has 1 aliphatic rings. The first kappa shape index (κ1) is 14.6. The number of carbonyl (C=O) groups excluding carboxylic acids is 1. The summed E-state index contributed by atoms with van der Waals surface area (Å²) < 4.78 is 1.50. The summed E-state index contributed by atoms with van der Waals surface area (Å²) in [5, 5.41) is 5.99. The summed E-state index contributed by atoms with van der Waals surface area (Å²) in [6.45, 7) is 1.99. The van der Waals surface area contributed by atoms with E-state index >= 15 is 0 Å². The van der Waals surface area contributed by atoms with Crippen LogP contribution in [0, 0.1) is 6.92 Å². The molecule has 0 saturated carbocycles. The molecule has 0 radical (unpaired) electrons. The molecule has 1 aromatic heterocycles. The zero-order valence-electron chi connectivity index (χ0n) is 12.5. The Morgan fingerprint density at radius 3 is 2.55 bits per heavy atom. The first-order chi connectivity index (χ1) is 10.5. The minimum absolute atomic E-state index is 0.160. The molecule has 6 nitrogen and oxygen atoms in total. The van der Waals surface area contributed by atoms with E-state index in [2.05, 4.69) is 15.6 Å². The highest BCUT2D eigenvalue weighted by Gasteiger charge is 2.30. The number of benzene rings is 1. The predicted molar refractivity (Wildman–Crippen MR) is 86.4 cm³/mol. The van der Waals surface area contributed by atoms with Crippen molar-refractivity contribution in [2.24, 2.45) is 7.05 Å². The van der Waals surface area contributed by atoms with Gasteiger partial charge in [-0.15, -0.1) is 0 Å². The molecule has 2 heterocycles. The Hall–Kier alpha value is -2.28. The number of nitrogens with one attached hydrogen (secondary N) is 2. The van der Waals surface area contributed by atoms with Gasteiger partial charge in [-0.3, -0.25) is 14.7 Å². The minimum atomic E-state index is -0.494. The lowest BCUT2D eigenvalue weighted by Gasteiger charge is -2.27. The number of urea groups is 1. The van der Waals surface area contributed by atoms with Crippen molar-refractivity contribution in [1.29, 1.82) is 0 Å². The molecule has 0 fully saturated rings. The second-order valence-electron chi connectivity index (χ2n) is 5.17. The van der Waals surface area contributed by atoms with Gasteiger partial charge in [-0.2, -0.15) is 0 Å². The Labute approximate surface area is 132 Å². The summed E-state index contributed by atoms with van der Waals surface area (Å²) in [4.78, 5) is 29.0. The van der Waals surface area contributed by atoms with Gasteiger partial charge in [-0.25, -0.2) is 9.78 Å². The van der Waals surface area contributed by atoms with Crippen molar-refractivity contribution in [3.05, 3.63) is 51.3 Å². The summed E-state index contributed by atoms with van der Waals surface area (Å²) in [6.07, 6.45) is 1.84. The van der Waals surface area contributed by atoms with E-state index in [9.17, 15) is 9.59 Å². The molecule has 0 saturated heterocycles. The summed E-state index contributed by atoms with van der Waals surface area (Å²) in [6, 6.07) is 6.89. The first-order valence-corrected chi connectivity index (χ1v) is 8.02. The number of aryl methyl sites for hydroxylation is 1. The molecule has 2 aromatic rings. The number of thioether (sulfide) groups is 1. The van der Waals surface area contributed by atoms with Crippen LogP contribution in [-0.4, -0.2) is 21.8 Å². The number of hydrogen-bond donors (Lipinski definition) is 2. The molecule has 1 aromatic carbocycles. The fourth-order valence-electron chi connectivity index (χ4n) is 2.49. The lowest BCUT2D eigenvalue weighted by molar-refractivity contribution is 0.248. The van der Waals surface area contributed by atoms with E-state index in [0.717, 1.165) is 11.1 Å². The molecule has 2 amide bonds. The Morgan fingerprint density at radius 1 is 1.23 bits per heavy atom. The number of fused-ring (bicyclic) bond motifs is 1. The normalized spacial score (nSPS) is 16.7. The summed E-state index contributed by atoms with van der Waals surface area (Å²) in [5.74, 6) is 0.335. The second-order valence-corrected chi connectivity index (χ2v) is 5.94. The molecule has 0 aliphatic carbocycles. The monoisotopic (exact) mass is 316 g/mol. The zero-order valence-corrected chi connectivity index (χ0v) is 13.3. The number of hydrogen-bond acceptors (Lipinski definition) is 4. The van der Waals surface area contributed by atoms with Crippen LogP contribution in [0.1, 0.15) is 22.7 Å². The van der Waals surface area contributed by atoms with Gasteiger partial charge in [0.1, 0.15) is 5.82 Å². The summed E-state index contributed by atoms with van der Waals surface area (Å²) in [7, 11) is 1.68. The highest BCUT2D eigenvalue weighted by Crippen LogP contribution is 2.29. The van der Waals surface area contributed by atoms with Crippen molar-refractivity contribution in [2.45, 2.75) is 18.1 Å². The van der Waals surface area contributed by atoms with E-state index in [0.29, 0.717) is 16.5 Å². The van der Waals surface area contributed by atoms with Crippen LogP contribution in [0.2, 0.25) is 0 Å². The molecule has 1 atom stereocenters. The maximum atomic E-state index is 12.7. The largest absolute Gasteiger partial charge is 0.327 e. The van der Waals surface area contributed by atoms with E-state index in [-0.39, 0.29) is 11.6 Å². The fourth-order valence-corrected chi connectivity index (χ4v) is 3.03. The van der Waals surface area contributed by atoms with Crippen LogP contribution < -0.4 is 16.2 Å². The van der Waals surface area contributed by atoms with Crippen LogP contribution in [0.15, 0.2) is 34.2 Å². The maximum absolute atomic E-state index is 12.7. The van der Waals surface area contributed by atoms with E-state index < -0.39 is 6.04 Å². The predicted octanol–water partition coefficient (Wildman–Crippen LogP) is 2.04. The first-order valence-electron chi connectivity index (χ1n) is 6.80. The van der Waals surface area contributed by atoms with Gasteiger partial charge >= 0.3 is 6.03 Å². The number of amides is 2. The van der Waals surface area contributed by atoms with Crippen molar-refractivity contribution < 1.29 is 4.79 Å². The average molecular weight is 316 g/mol. The number of rotatable bonds is 2. The van der Waals surface area contributed by atoms with Crippen LogP contribution in [0.5, 0.6) is 0 Å². The minimum Gasteiger partial charge on any atom is -0.327 e. The molecule has 1 aliphatic heterocycles. The molecule has 22 heavy (non-hydrogen) atoms. The van der Waals surface area contributed by atoms with Crippen molar-refractivity contribution in [1.82, 2.24) is 14.9 Å². The van der Waals surface area contributed by atoms with Crippen molar-refractivity contribution >= 4 is 23.6 Å². The van der Waals surface area contributed by atoms with Gasteiger partial charge < -0.3 is 5.32 Å². The van der Waals surface area contributed by atoms with Gasteiger partial charge in [0, 0.05) is 7.05 Å². The second kappa shape index (κ2) is 5.49. The average Bonchev–Trinajstić information content (AvgIpc) is 2.50. The van der Waals surface area contributed by atoms with Crippen LogP contribution >= 0.6 is 11.8 Å². The fraction of sp³-hybridized carbons (Fsp3) is 0.267. The van der Waals surface area contributed by atoms with Gasteiger partial charge in [0.2, 0.25) is 0 Å². The zero-order chi connectivity index (χ0) is 15.9. The number of nitrogens with zero attached hydrogens (tertiary/aromatic N) is 2. The maximum Gasteiger partial charge on any atom is 0.321 e. The summed E-state index contributed by atoms with van der Waals surface area (Å²) in [5.41, 5.74) is 2.28. The van der Waals surface area contributed by atoms with Crippen molar-refractivity contribution in [2.75, 3.05) is 11.6 Å². The third kappa shape index (κ3) is 2.37. The molecule has 2 N–H and O–H groups in total. The number of anilines is 1. The lowest BCUT2D eigenvalue weighted by atomic mass is 9.98. The van der Waals surface area contributed by atoms with E-state index in [1.54, 1.807) is 7.05 Å². The van der Waals surface area contributed by atoms with Crippen LogP contribution in [0.4, 0.5) is 10.6 Å². The third-order valence-electron chi connectivity index (χ3n) is 3.67. The molecule has 1 unspecified atom stereocenters. The Morgan fingerprint density at radius 2 is 1.91 bits per heavy atom. The number of aromatic nitrogens is 2. The standard InChI is InChI=1S/C15H16N4O2S/c1-8-4-6-9(7-5-8)11-10-12(17-14(21)16-11)18-15(22-3)19(2)13(10)20/h4-7,11H,1-3H3,(H2,16,17,21). The molecule has 114 valence electrons. The van der Waals surface area contributed by atoms with E-state index in [1.165, 1.54) is 16.3 Å². The SMILES string of the molecule is CSc1nc2c(c(=O)n1C)C(c1ccc(C)cc1)NC(=O)N2. The molecule has 0 spiro atoms. The Balaban J connectivity index is 2.20. The van der Waals surface area contributed by atoms with Crippen molar-refractivity contribution in [3.63, 3.8) is 0 Å². The van der Waals surface area contributed by atoms with Crippen LogP contribution in [-0.2, 0) is 7.05 Å². The van der Waals surface area contributed by atoms with Crippen LogP contribution in [0.25, 0.3) is 0 Å².